The molecule has 3 saturated heterocycles. The van der Waals surface area contributed by atoms with Crippen molar-refractivity contribution in [2.45, 2.75) is 49.4 Å². The lowest BCUT2D eigenvalue weighted by atomic mass is 9.94. The molecule has 0 aliphatic carbocycles. The van der Waals surface area contributed by atoms with Crippen molar-refractivity contribution >= 4 is 61.0 Å². The van der Waals surface area contributed by atoms with Crippen LogP contribution in [0, 0.1) is 5.92 Å². The molecule has 0 saturated carbocycles. The summed E-state index contributed by atoms with van der Waals surface area (Å²) >= 11 is 4.12. The molecule has 10 atom stereocenters. The number of hydrogen-bond acceptors (Lipinski definition) is 18. The monoisotopic (exact) mass is 717 g/mol. The smallest absolute Gasteiger partial charge is 0.386 e. The number of nitrogen functional groups attached to an aromatic ring is 2. The standard InChI is InChI=1S/C22H29N11O11P2S/c23-2-1-8-9-3-40-46(38,47)44-15-10(42-20(13(15)34)32-6-28-11-16(24)26-5-27-17(11)32)4-39-45(36,37)43-14(8)21(41-9)33-7-29-12-18(33)30-22(25)31-19(12)35/h5-10,13-15,20-21,34H,1-4,23H2,(H,36,37)(H,38,47)(H2,24,26,27)(H3,25,30,31,35). The van der Waals surface area contributed by atoms with Gasteiger partial charge in [0.1, 0.15) is 36.3 Å². The van der Waals surface area contributed by atoms with E-state index in [0.717, 1.165) is 0 Å². The number of ether oxygens (including phenoxy) is 2. The van der Waals surface area contributed by atoms with E-state index in [2.05, 4.69) is 42.2 Å². The summed E-state index contributed by atoms with van der Waals surface area (Å²) in [5.41, 5.74) is 17.2. The number of phosphoric ester groups is 1. The van der Waals surface area contributed by atoms with Gasteiger partial charge in [-0.2, -0.15) is 4.98 Å². The SMILES string of the molecule is NCCC1C2COP(=O)(S)OC3C(COP(=O)(O)OC1C(n1cnc4c(=O)[nH]c(N)nc41)O2)OC(n1cnc2c(N)ncnc21)C3O. The highest BCUT2D eigenvalue weighted by Crippen LogP contribution is 2.58. The Balaban J connectivity index is 1.23. The van der Waals surface area contributed by atoms with Gasteiger partial charge in [0.05, 0.1) is 32.0 Å². The molecule has 25 heteroatoms. The maximum absolute atomic E-state index is 13.6. The lowest BCUT2D eigenvalue weighted by molar-refractivity contribution is -0.0636. The molecule has 9 N–H and O–H groups in total. The lowest BCUT2D eigenvalue weighted by Crippen LogP contribution is -2.36. The van der Waals surface area contributed by atoms with Crippen molar-refractivity contribution in [3.05, 3.63) is 29.3 Å². The summed E-state index contributed by atoms with van der Waals surface area (Å²) in [4.78, 5) is 46.1. The fourth-order valence-electron chi connectivity index (χ4n) is 5.94. The summed E-state index contributed by atoms with van der Waals surface area (Å²) in [5, 5.41) is 11.3. The highest BCUT2D eigenvalue weighted by atomic mass is 32.7. The zero-order valence-corrected chi connectivity index (χ0v) is 26.6. The first kappa shape index (κ1) is 32.5. The lowest BCUT2D eigenvalue weighted by Gasteiger charge is -2.27. The molecule has 7 rings (SSSR count). The van der Waals surface area contributed by atoms with Crippen LogP contribution < -0.4 is 22.8 Å². The summed E-state index contributed by atoms with van der Waals surface area (Å²) in [6, 6.07) is 0. The van der Waals surface area contributed by atoms with Crippen LogP contribution in [0.15, 0.2) is 23.8 Å². The van der Waals surface area contributed by atoms with Gasteiger partial charge >= 0.3 is 14.6 Å². The van der Waals surface area contributed by atoms with Crippen LogP contribution in [0.3, 0.4) is 0 Å². The Bertz CT molecular complexity index is 1980. The molecule has 0 aromatic carbocycles. The van der Waals surface area contributed by atoms with Crippen LogP contribution in [0.25, 0.3) is 22.3 Å². The third-order valence-corrected chi connectivity index (χ3v) is 10.6. The summed E-state index contributed by atoms with van der Waals surface area (Å²) in [5.74, 6) is -0.891. The number of phosphoric acid groups is 1. The van der Waals surface area contributed by atoms with E-state index in [1.807, 2.05) is 0 Å². The number of thiol groups is 1. The van der Waals surface area contributed by atoms with Crippen molar-refractivity contribution in [1.29, 1.82) is 0 Å². The Morgan fingerprint density at radius 3 is 2.43 bits per heavy atom. The van der Waals surface area contributed by atoms with Gasteiger partial charge in [0.2, 0.25) is 5.95 Å². The summed E-state index contributed by atoms with van der Waals surface area (Å²) in [6.07, 6.45) is -5.21. The van der Waals surface area contributed by atoms with E-state index in [4.69, 9.17) is 44.8 Å². The number of nitrogens with one attached hydrogen (secondary N) is 1. The number of aromatic nitrogens is 8. The van der Waals surface area contributed by atoms with Crippen LogP contribution in [0.1, 0.15) is 18.9 Å². The van der Waals surface area contributed by atoms with Crippen LogP contribution in [0.2, 0.25) is 0 Å². The molecule has 4 aromatic rings. The highest BCUT2D eigenvalue weighted by Gasteiger charge is 2.53. The Kier molecular flexibility index (Phi) is 8.38. The minimum absolute atomic E-state index is 0.00259. The van der Waals surface area contributed by atoms with Crippen LogP contribution in [-0.4, -0.2) is 99.3 Å². The van der Waals surface area contributed by atoms with E-state index in [0.29, 0.717) is 0 Å². The second-order valence-electron chi connectivity index (χ2n) is 10.9. The molecule has 47 heavy (non-hydrogen) atoms. The topological polar surface area (TPSA) is 315 Å². The quantitative estimate of drug-likeness (QED) is 0.100. The molecule has 0 spiro atoms. The average Bonchev–Trinajstić information content (AvgIpc) is 3.76. The number of hydrogen-bond donors (Lipinski definition) is 7. The zero-order valence-electron chi connectivity index (χ0n) is 24.0. The van der Waals surface area contributed by atoms with E-state index in [9.17, 15) is 23.9 Å². The minimum Gasteiger partial charge on any atom is -0.386 e. The minimum atomic E-state index is -4.97. The number of imidazole rings is 2. The second kappa shape index (κ2) is 12.1. The van der Waals surface area contributed by atoms with Crippen LogP contribution in [0.5, 0.6) is 0 Å². The van der Waals surface area contributed by atoms with Crippen LogP contribution >= 0.6 is 26.9 Å². The van der Waals surface area contributed by atoms with Crippen molar-refractivity contribution in [3.63, 3.8) is 0 Å². The number of fused-ring (bicyclic) bond motifs is 5. The number of aromatic amines is 1. The van der Waals surface area contributed by atoms with Crippen molar-refractivity contribution in [3.8, 4) is 0 Å². The summed E-state index contributed by atoms with van der Waals surface area (Å²) in [6.45, 7) is -5.35. The molecule has 4 aromatic heterocycles. The molecule has 10 unspecified atom stereocenters. The van der Waals surface area contributed by atoms with E-state index in [1.54, 1.807) is 0 Å². The maximum Gasteiger partial charge on any atom is 0.472 e. The first-order valence-electron chi connectivity index (χ1n) is 14.0. The van der Waals surface area contributed by atoms with E-state index in [1.165, 1.54) is 28.1 Å². The van der Waals surface area contributed by atoms with Crippen molar-refractivity contribution in [2.24, 2.45) is 11.7 Å². The third kappa shape index (κ3) is 5.96. The summed E-state index contributed by atoms with van der Waals surface area (Å²) < 4.78 is 64.3. The van der Waals surface area contributed by atoms with Crippen molar-refractivity contribution < 1.29 is 46.7 Å². The molecular weight excluding hydrogens is 688 g/mol. The predicted molar refractivity (Wildman–Crippen MR) is 161 cm³/mol. The van der Waals surface area contributed by atoms with E-state index >= 15 is 0 Å². The first-order valence-corrected chi connectivity index (χ1v) is 18.2. The van der Waals surface area contributed by atoms with Crippen LogP contribution in [0.4, 0.5) is 11.8 Å². The molecule has 3 fully saturated rings. The molecule has 3 aliphatic heterocycles. The first-order chi connectivity index (χ1) is 22.4. The van der Waals surface area contributed by atoms with Gasteiger partial charge < -0.3 is 36.7 Å². The van der Waals surface area contributed by atoms with Gasteiger partial charge in [0, 0.05) is 5.92 Å². The Labute approximate surface area is 268 Å². The molecule has 0 radical (unpaired) electrons. The molecule has 22 nitrogen and oxygen atoms in total. The Hall–Kier alpha value is -3.05. The number of aliphatic hydroxyl groups excluding tert-OH is 1. The number of nitrogens with zero attached hydrogens (tertiary/aromatic N) is 7. The fourth-order valence-corrected chi connectivity index (χ4v) is 8.40. The molecule has 3 aliphatic rings. The van der Waals surface area contributed by atoms with Crippen molar-refractivity contribution in [1.82, 2.24) is 39.0 Å². The number of aliphatic hydroxyl groups is 1. The maximum atomic E-state index is 13.6. The molecular formula is C22H29N11O11P2S. The number of nitrogens with two attached hydrogens (primary N) is 3. The molecule has 254 valence electrons. The zero-order chi connectivity index (χ0) is 33.2. The largest absolute Gasteiger partial charge is 0.472 e. The van der Waals surface area contributed by atoms with Gasteiger partial charge in [0.25, 0.3) is 5.56 Å². The summed E-state index contributed by atoms with van der Waals surface area (Å²) in [7, 11) is -4.97. The van der Waals surface area contributed by atoms with E-state index < -0.39 is 82.3 Å². The van der Waals surface area contributed by atoms with E-state index in [-0.39, 0.29) is 47.1 Å². The van der Waals surface area contributed by atoms with Crippen molar-refractivity contribution in [2.75, 3.05) is 31.2 Å². The van der Waals surface area contributed by atoms with Gasteiger partial charge in [0.15, 0.2) is 35.1 Å². The number of H-pyrrole nitrogens is 1. The molecule has 2 bridgehead atoms. The molecule has 7 heterocycles. The fraction of sp³-hybridized carbons (Fsp3) is 0.545. The average molecular weight is 718 g/mol. The molecule has 0 amide bonds. The van der Waals surface area contributed by atoms with Gasteiger partial charge in [-0.25, -0.2) is 29.1 Å². The van der Waals surface area contributed by atoms with Crippen LogP contribution in [-0.2, 0) is 36.7 Å². The van der Waals surface area contributed by atoms with Gasteiger partial charge in [-0.05, 0) is 13.0 Å². The Morgan fingerprint density at radius 2 is 1.66 bits per heavy atom. The normalized spacial score (nSPS) is 36.6. The van der Waals surface area contributed by atoms with Gasteiger partial charge in [-0.1, -0.05) is 12.2 Å². The van der Waals surface area contributed by atoms with Gasteiger partial charge in [-0.3, -0.25) is 37.0 Å². The predicted octanol–water partition coefficient (Wildman–Crippen LogP) is -0.800. The highest BCUT2D eigenvalue weighted by molar-refractivity contribution is 8.44. The number of anilines is 2. The Morgan fingerprint density at radius 1 is 0.957 bits per heavy atom. The third-order valence-electron chi connectivity index (χ3n) is 8.00. The number of rotatable bonds is 4. The van der Waals surface area contributed by atoms with Gasteiger partial charge in [-0.15, -0.1) is 0 Å². The second-order valence-corrected chi connectivity index (χ2v) is 15.2.